The first-order valence-corrected chi connectivity index (χ1v) is 8.36. The van der Waals surface area contributed by atoms with Crippen LogP contribution in [0.5, 0.6) is 0 Å². The van der Waals surface area contributed by atoms with Crippen molar-refractivity contribution in [1.29, 1.82) is 5.26 Å². The summed E-state index contributed by atoms with van der Waals surface area (Å²) in [5, 5.41) is 11.5. The number of unbranched alkanes of at least 4 members (excludes halogenated alkanes) is 3. The number of amides is 3. The molecular formula is C16H26N4O2. The Balaban J connectivity index is 1.86. The maximum absolute atomic E-state index is 12.6. The van der Waals surface area contributed by atoms with Crippen molar-refractivity contribution in [3.63, 3.8) is 0 Å². The molecule has 0 aromatic carbocycles. The zero-order valence-corrected chi connectivity index (χ0v) is 13.4. The number of piperidine rings is 1. The molecule has 2 fully saturated rings. The van der Waals surface area contributed by atoms with Crippen molar-refractivity contribution >= 4 is 11.9 Å². The molecule has 3 amide bonds. The van der Waals surface area contributed by atoms with E-state index in [0.29, 0.717) is 32.2 Å². The number of nitrogens with one attached hydrogen (secondary N) is 1. The van der Waals surface area contributed by atoms with Gasteiger partial charge in [-0.15, -0.1) is 0 Å². The van der Waals surface area contributed by atoms with Crippen molar-refractivity contribution in [2.24, 2.45) is 0 Å². The molecule has 0 unspecified atom stereocenters. The van der Waals surface area contributed by atoms with E-state index in [2.05, 4.69) is 17.1 Å². The Morgan fingerprint density at radius 1 is 1.18 bits per heavy atom. The molecule has 0 atom stereocenters. The molecule has 2 aliphatic rings. The first kappa shape index (κ1) is 16.8. The van der Waals surface area contributed by atoms with Gasteiger partial charge >= 0.3 is 6.03 Å². The Labute approximate surface area is 132 Å². The van der Waals surface area contributed by atoms with Gasteiger partial charge in [0.2, 0.25) is 0 Å². The van der Waals surface area contributed by atoms with Crippen LogP contribution in [0.4, 0.5) is 4.79 Å². The molecule has 1 N–H and O–H groups in total. The quantitative estimate of drug-likeness (QED) is 0.575. The molecule has 0 aromatic rings. The summed E-state index contributed by atoms with van der Waals surface area (Å²) < 4.78 is 0. The van der Waals surface area contributed by atoms with Crippen LogP contribution in [0.3, 0.4) is 0 Å². The van der Waals surface area contributed by atoms with Crippen LogP contribution in [-0.2, 0) is 4.79 Å². The molecule has 6 nitrogen and oxygen atoms in total. The molecule has 0 saturated carbocycles. The van der Waals surface area contributed by atoms with Gasteiger partial charge in [-0.2, -0.15) is 5.26 Å². The minimum absolute atomic E-state index is 0.0938. The number of nitrogens with zero attached hydrogens (tertiary/aromatic N) is 3. The Morgan fingerprint density at radius 2 is 1.91 bits per heavy atom. The molecule has 0 aliphatic carbocycles. The molecule has 22 heavy (non-hydrogen) atoms. The average Bonchev–Trinajstić information content (AvgIpc) is 2.74. The summed E-state index contributed by atoms with van der Waals surface area (Å²) in [4.78, 5) is 28.3. The third-order valence-corrected chi connectivity index (χ3v) is 4.70. The zero-order chi connectivity index (χ0) is 16.0. The van der Waals surface area contributed by atoms with E-state index >= 15 is 0 Å². The molecule has 0 bridgehead atoms. The highest BCUT2D eigenvalue weighted by molar-refractivity contribution is 6.07. The summed E-state index contributed by atoms with van der Waals surface area (Å²) in [7, 11) is 0. The maximum atomic E-state index is 12.6. The third-order valence-electron chi connectivity index (χ3n) is 4.70. The molecule has 6 heteroatoms. The lowest BCUT2D eigenvalue weighted by Crippen LogP contribution is -2.55. The summed E-state index contributed by atoms with van der Waals surface area (Å²) in [6, 6.07) is 1.76. The molecule has 0 aromatic heterocycles. The minimum atomic E-state index is -0.690. The fraction of sp³-hybridized carbons (Fsp3) is 0.812. The van der Waals surface area contributed by atoms with E-state index < -0.39 is 5.54 Å². The van der Waals surface area contributed by atoms with Gasteiger partial charge in [0.25, 0.3) is 5.91 Å². The van der Waals surface area contributed by atoms with E-state index in [1.165, 1.54) is 24.2 Å². The summed E-state index contributed by atoms with van der Waals surface area (Å²) in [5.74, 6) is -0.0938. The van der Waals surface area contributed by atoms with Crippen LogP contribution in [0.1, 0.15) is 51.9 Å². The van der Waals surface area contributed by atoms with Crippen molar-refractivity contribution in [2.75, 3.05) is 26.2 Å². The van der Waals surface area contributed by atoms with Gasteiger partial charge < -0.3 is 10.2 Å². The van der Waals surface area contributed by atoms with Gasteiger partial charge in [-0.3, -0.25) is 9.69 Å². The van der Waals surface area contributed by atoms with Crippen LogP contribution >= 0.6 is 0 Å². The van der Waals surface area contributed by atoms with Crippen molar-refractivity contribution < 1.29 is 9.59 Å². The topological polar surface area (TPSA) is 76.4 Å². The molecule has 0 radical (unpaired) electrons. The van der Waals surface area contributed by atoms with Crippen LogP contribution in [0.15, 0.2) is 0 Å². The van der Waals surface area contributed by atoms with Crippen molar-refractivity contribution in [3.05, 3.63) is 0 Å². The lowest BCUT2D eigenvalue weighted by Gasteiger charge is -2.37. The third kappa shape index (κ3) is 3.58. The number of urea groups is 1. The van der Waals surface area contributed by atoms with Crippen molar-refractivity contribution in [2.45, 2.75) is 57.4 Å². The lowest BCUT2D eigenvalue weighted by molar-refractivity contribution is -0.133. The van der Waals surface area contributed by atoms with Gasteiger partial charge in [-0.1, -0.05) is 19.8 Å². The van der Waals surface area contributed by atoms with Crippen LogP contribution in [0, 0.1) is 11.3 Å². The zero-order valence-electron chi connectivity index (χ0n) is 13.4. The van der Waals surface area contributed by atoms with Crippen molar-refractivity contribution in [1.82, 2.24) is 15.1 Å². The van der Waals surface area contributed by atoms with E-state index in [4.69, 9.17) is 5.26 Å². The predicted octanol–water partition coefficient (Wildman–Crippen LogP) is 1.87. The molecule has 2 aliphatic heterocycles. The maximum Gasteiger partial charge on any atom is 0.325 e. The SMILES string of the molecule is CCCCCN1CCC2(CC1)NC(=O)N(CCCC#N)C2=O. The fourth-order valence-electron chi connectivity index (χ4n) is 3.28. The van der Waals surface area contributed by atoms with Gasteiger partial charge in [0.1, 0.15) is 5.54 Å². The second-order valence-corrected chi connectivity index (χ2v) is 6.28. The number of carbonyl (C=O) groups excluding carboxylic acids is 2. The predicted molar refractivity (Wildman–Crippen MR) is 83.0 cm³/mol. The first-order chi connectivity index (χ1) is 10.6. The van der Waals surface area contributed by atoms with E-state index in [1.54, 1.807) is 0 Å². The highest BCUT2D eigenvalue weighted by Crippen LogP contribution is 2.29. The van der Waals surface area contributed by atoms with Crippen LogP contribution < -0.4 is 5.32 Å². The largest absolute Gasteiger partial charge is 0.325 e. The van der Waals surface area contributed by atoms with E-state index in [0.717, 1.165) is 19.6 Å². The Hall–Kier alpha value is -1.61. The Kier molecular flexibility index (Phi) is 5.78. The summed E-state index contributed by atoms with van der Waals surface area (Å²) in [5.41, 5.74) is -0.690. The Morgan fingerprint density at radius 3 is 2.55 bits per heavy atom. The van der Waals surface area contributed by atoms with Gasteiger partial charge in [0, 0.05) is 26.1 Å². The number of carbonyl (C=O) groups is 2. The number of hydrogen-bond acceptors (Lipinski definition) is 4. The molecule has 2 rings (SSSR count). The smallest absolute Gasteiger partial charge is 0.323 e. The van der Waals surface area contributed by atoms with E-state index in [9.17, 15) is 9.59 Å². The number of rotatable bonds is 7. The molecule has 1 spiro atoms. The van der Waals surface area contributed by atoms with Crippen molar-refractivity contribution in [3.8, 4) is 6.07 Å². The van der Waals surface area contributed by atoms with E-state index in [1.807, 2.05) is 6.07 Å². The Bertz CT molecular complexity index is 450. The van der Waals surface area contributed by atoms with Gasteiger partial charge in [-0.25, -0.2) is 4.79 Å². The van der Waals surface area contributed by atoms with Crippen LogP contribution in [0.25, 0.3) is 0 Å². The number of imide groups is 1. The van der Waals surface area contributed by atoms with Crippen LogP contribution in [-0.4, -0.2) is 53.5 Å². The monoisotopic (exact) mass is 306 g/mol. The summed E-state index contributed by atoms with van der Waals surface area (Å²) >= 11 is 0. The van der Waals surface area contributed by atoms with Gasteiger partial charge in [0.05, 0.1) is 6.07 Å². The number of likely N-dealkylation sites (tertiary alicyclic amines) is 1. The lowest BCUT2D eigenvalue weighted by atomic mass is 9.87. The van der Waals surface area contributed by atoms with Gasteiger partial charge in [0.15, 0.2) is 0 Å². The molecule has 2 saturated heterocycles. The first-order valence-electron chi connectivity index (χ1n) is 8.36. The molecule has 2 heterocycles. The normalized spacial score (nSPS) is 21.2. The summed E-state index contributed by atoms with van der Waals surface area (Å²) in [6.45, 7) is 5.35. The molecule has 122 valence electrons. The number of nitriles is 1. The average molecular weight is 306 g/mol. The standard InChI is InChI=1S/C16H26N4O2/c1-2-3-5-10-19-12-7-16(8-13-19)14(21)20(15(22)18-16)11-6-4-9-17/h2-8,10-13H2,1H3,(H,18,22). The highest BCUT2D eigenvalue weighted by atomic mass is 16.2. The second-order valence-electron chi connectivity index (χ2n) is 6.28. The minimum Gasteiger partial charge on any atom is -0.323 e. The fourth-order valence-corrected chi connectivity index (χ4v) is 3.28. The van der Waals surface area contributed by atoms with Crippen LogP contribution in [0.2, 0.25) is 0 Å². The summed E-state index contributed by atoms with van der Waals surface area (Å²) in [6.07, 6.45) is 5.96. The number of hydrogen-bond donors (Lipinski definition) is 1. The highest BCUT2D eigenvalue weighted by Gasteiger charge is 2.51. The van der Waals surface area contributed by atoms with Gasteiger partial charge in [-0.05, 0) is 32.2 Å². The second kappa shape index (κ2) is 7.59. The molecular weight excluding hydrogens is 280 g/mol. The van der Waals surface area contributed by atoms with E-state index in [-0.39, 0.29) is 11.9 Å².